The number of carbonyl (C=O) groups excluding carboxylic acids is 2. The van der Waals surface area contributed by atoms with Crippen LogP contribution in [0.4, 0.5) is 0 Å². The van der Waals surface area contributed by atoms with Gasteiger partial charge in [0.15, 0.2) is 0 Å². The van der Waals surface area contributed by atoms with Gasteiger partial charge in [0.2, 0.25) is 11.8 Å². The highest BCUT2D eigenvalue weighted by atomic mass is 16.2. The summed E-state index contributed by atoms with van der Waals surface area (Å²) in [6.07, 6.45) is 4.63. The van der Waals surface area contributed by atoms with Gasteiger partial charge in [0, 0.05) is 50.8 Å². The Morgan fingerprint density at radius 3 is 2.33 bits per heavy atom. The van der Waals surface area contributed by atoms with Gasteiger partial charge in [-0.15, -0.1) is 0 Å². The Hall–Kier alpha value is -1.85. The first-order valence-corrected chi connectivity index (χ1v) is 9.12. The third-order valence-electron chi connectivity index (χ3n) is 5.26. The van der Waals surface area contributed by atoms with E-state index < -0.39 is 0 Å². The SMILES string of the molecule is Cc1cc(C)n(CCCC(=O)N2CCN(C(=O)C3CCC3)CC2)n1. The molecule has 1 aliphatic carbocycles. The molecule has 3 rings (SSSR count). The minimum atomic E-state index is 0.201. The van der Waals surface area contributed by atoms with Gasteiger partial charge in [-0.05, 0) is 39.2 Å². The van der Waals surface area contributed by atoms with Crippen LogP contribution in [0.3, 0.4) is 0 Å². The number of aromatic nitrogens is 2. The molecule has 0 N–H and O–H groups in total. The van der Waals surface area contributed by atoms with Crippen LogP contribution in [0.2, 0.25) is 0 Å². The van der Waals surface area contributed by atoms with Crippen molar-refractivity contribution in [3.05, 3.63) is 17.5 Å². The number of amides is 2. The Bertz CT molecular complexity index is 598. The second-order valence-electron chi connectivity index (χ2n) is 7.09. The number of aryl methyl sites for hydroxylation is 3. The van der Waals surface area contributed by atoms with Crippen LogP contribution in [0.15, 0.2) is 6.07 Å². The average Bonchev–Trinajstić information content (AvgIpc) is 2.83. The van der Waals surface area contributed by atoms with Crippen LogP contribution in [0.1, 0.15) is 43.5 Å². The molecule has 2 amide bonds. The summed E-state index contributed by atoms with van der Waals surface area (Å²) in [4.78, 5) is 28.4. The Labute approximate surface area is 143 Å². The maximum absolute atomic E-state index is 12.3. The summed E-state index contributed by atoms with van der Waals surface area (Å²) in [6, 6.07) is 2.06. The fourth-order valence-electron chi connectivity index (χ4n) is 3.53. The third-order valence-corrected chi connectivity index (χ3v) is 5.26. The number of hydrogen-bond acceptors (Lipinski definition) is 3. The standard InChI is InChI=1S/C18H28N4O2/c1-14-13-15(2)22(19-14)8-4-7-17(23)20-9-11-21(12-10-20)18(24)16-5-3-6-16/h13,16H,3-12H2,1-2H3. The second-order valence-corrected chi connectivity index (χ2v) is 7.09. The third kappa shape index (κ3) is 3.79. The van der Waals surface area contributed by atoms with Crippen molar-refractivity contribution >= 4 is 11.8 Å². The van der Waals surface area contributed by atoms with E-state index in [0.29, 0.717) is 38.5 Å². The lowest BCUT2D eigenvalue weighted by Crippen LogP contribution is -2.52. The van der Waals surface area contributed by atoms with Crippen molar-refractivity contribution in [2.45, 2.75) is 52.5 Å². The Kier molecular flexibility index (Phi) is 5.21. The van der Waals surface area contributed by atoms with Gasteiger partial charge >= 0.3 is 0 Å². The van der Waals surface area contributed by atoms with E-state index in [-0.39, 0.29) is 11.8 Å². The summed E-state index contributed by atoms with van der Waals surface area (Å²) in [6.45, 7) is 7.55. The van der Waals surface area contributed by atoms with Crippen LogP contribution in [0, 0.1) is 19.8 Å². The Morgan fingerprint density at radius 2 is 1.79 bits per heavy atom. The average molecular weight is 332 g/mol. The van der Waals surface area contributed by atoms with E-state index >= 15 is 0 Å². The highest BCUT2D eigenvalue weighted by Gasteiger charge is 2.31. The number of hydrogen-bond donors (Lipinski definition) is 0. The van der Waals surface area contributed by atoms with Crippen LogP contribution < -0.4 is 0 Å². The van der Waals surface area contributed by atoms with Crippen molar-refractivity contribution in [3.63, 3.8) is 0 Å². The predicted molar refractivity (Wildman–Crippen MR) is 91.4 cm³/mol. The maximum Gasteiger partial charge on any atom is 0.225 e. The van der Waals surface area contributed by atoms with Gasteiger partial charge in [-0.25, -0.2) is 0 Å². The van der Waals surface area contributed by atoms with Gasteiger partial charge < -0.3 is 9.80 Å². The van der Waals surface area contributed by atoms with Crippen LogP contribution in [-0.4, -0.2) is 57.6 Å². The zero-order chi connectivity index (χ0) is 17.1. The van der Waals surface area contributed by atoms with E-state index in [0.717, 1.165) is 37.2 Å². The van der Waals surface area contributed by atoms with Crippen LogP contribution in [0.5, 0.6) is 0 Å². The minimum Gasteiger partial charge on any atom is -0.339 e. The molecule has 1 aromatic rings. The summed E-state index contributed by atoms with van der Waals surface area (Å²) in [5, 5.41) is 4.43. The van der Waals surface area contributed by atoms with Gasteiger partial charge in [0.25, 0.3) is 0 Å². The Morgan fingerprint density at radius 1 is 1.12 bits per heavy atom. The van der Waals surface area contributed by atoms with Gasteiger partial charge in [-0.3, -0.25) is 14.3 Å². The molecular weight excluding hydrogens is 304 g/mol. The molecule has 6 heteroatoms. The van der Waals surface area contributed by atoms with Crippen molar-refractivity contribution in [2.24, 2.45) is 5.92 Å². The minimum absolute atomic E-state index is 0.201. The van der Waals surface area contributed by atoms with Gasteiger partial charge in [0.05, 0.1) is 5.69 Å². The number of carbonyl (C=O) groups is 2. The van der Waals surface area contributed by atoms with E-state index in [1.54, 1.807) is 0 Å². The highest BCUT2D eigenvalue weighted by molar-refractivity contribution is 5.80. The molecule has 0 atom stereocenters. The van der Waals surface area contributed by atoms with Gasteiger partial charge in [-0.1, -0.05) is 6.42 Å². The molecule has 132 valence electrons. The lowest BCUT2D eigenvalue weighted by Gasteiger charge is -2.38. The fourth-order valence-corrected chi connectivity index (χ4v) is 3.53. The molecule has 0 radical (unpaired) electrons. The topological polar surface area (TPSA) is 58.4 Å². The van der Waals surface area contributed by atoms with Crippen molar-refractivity contribution in [2.75, 3.05) is 26.2 Å². The summed E-state index contributed by atoms with van der Waals surface area (Å²) in [7, 11) is 0. The molecule has 6 nitrogen and oxygen atoms in total. The largest absolute Gasteiger partial charge is 0.339 e. The molecule has 2 heterocycles. The summed E-state index contributed by atoms with van der Waals surface area (Å²) < 4.78 is 1.97. The lowest BCUT2D eigenvalue weighted by molar-refractivity contribution is -0.144. The molecule has 1 saturated carbocycles. The maximum atomic E-state index is 12.3. The molecule has 2 aliphatic rings. The molecule has 2 fully saturated rings. The predicted octanol–water partition coefficient (Wildman–Crippen LogP) is 1.75. The van der Waals surface area contributed by atoms with E-state index in [2.05, 4.69) is 11.2 Å². The monoisotopic (exact) mass is 332 g/mol. The molecule has 0 bridgehead atoms. The molecule has 0 unspecified atom stereocenters. The smallest absolute Gasteiger partial charge is 0.225 e. The van der Waals surface area contributed by atoms with Gasteiger partial charge in [0.1, 0.15) is 0 Å². The normalized spacial score (nSPS) is 18.6. The van der Waals surface area contributed by atoms with E-state index in [1.165, 1.54) is 6.42 Å². The zero-order valence-corrected chi connectivity index (χ0v) is 14.8. The summed E-state index contributed by atoms with van der Waals surface area (Å²) >= 11 is 0. The zero-order valence-electron chi connectivity index (χ0n) is 14.8. The van der Waals surface area contributed by atoms with Crippen LogP contribution in [0.25, 0.3) is 0 Å². The first kappa shape index (κ1) is 17.0. The van der Waals surface area contributed by atoms with Crippen molar-refractivity contribution in [3.8, 4) is 0 Å². The molecule has 0 aromatic carbocycles. The van der Waals surface area contributed by atoms with Crippen molar-refractivity contribution in [1.29, 1.82) is 0 Å². The Balaban J connectivity index is 1.39. The lowest BCUT2D eigenvalue weighted by atomic mass is 9.84. The first-order chi connectivity index (χ1) is 11.5. The molecule has 24 heavy (non-hydrogen) atoms. The van der Waals surface area contributed by atoms with E-state index in [1.807, 2.05) is 28.3 Å². The van der Waals surface area contributed by atoms with Crippen LogP contribution in [-0.2, 0) is 16.1 Å². The number of rotatable bonds is 5. The van der Waals surface area contributed by atoms with Crippen LogP contribution >= 0.6 is 0 Å². The van der Waals surface area contributed by atoms with E-state index in [4.69, 9.17) is 0 Å². The molecular formula is C18H28N4O2. The fraction of sp³-hybridized carbons (Fsp3) is 0.722. The molecule has 1 aliphatic heterocycles. The highest BCUT2D eigenvalue weighted by Crippen LogP contribution is 2.28. The van der Waals surface area contributed by atoms with Gasteiger partial charge in [-0.2, -0.15) is 5.10 Å². The summed E-state index contributed by atoms with van der Waals surface area (Å²) in [5.41, 5.74) is 2.16. The first-order valence-electron chi connectivity index (χ1n) is 9.12. The number of nitrogens with zero attached hydrogens (tertiary/aromatic N) is 4. The van der Waals surface area contributed by atoms with Crippen molar-refractivity contribution in [1.82, 2.24) is 19.6 Å². The second kappa shape index (κ2) is 7.36. The number of piperazine rings is 1. The summed E-state index contributed by atoms with van der Waals surface area (Å²) in [5.74, 6) is 0.762. The molecule has 1 saturated heterocycles. The molecule has 0 spiro atoms. The van der Waals surface area contributed by atoms with E-state index in [9.17, 15) is 9.59 Å². The quantitative estimate of drug-likeness (QED) is 0.825. The van der Waals surface area contributed by atoms with Crippen molar-refractivity contribution < 1.29 is 9.59 Å². The molecule has 1 aromatic heterocycles.